The molecule has 2 N–H and O–H groups in total. The van der Waals surface area contributed by atoms with Crippen LogP contribution in [0.5, 0.6) is 0 Å². The van der Waals surface area contributed by atoms with Crippen LogP contribution in [0.25, 0.3) is 0 Å². The molecule has 0 saturated carbocycles. The Hall–Kier alpha value is -1.88. The summed E-state index contributed by atoms with van der Waals surface area (Å²) in [6.45, 7) is 4.29. The number of rotatable bonds is 4. The van der Waals surface area contributed by atoms with Gasteiger partial charge in [-0.2, -0.15) is 4.98 Å². The average molecular weight is 244 g/mol. The highest BCUT2D eigenvalue weighted by molar-refractivity contribution is 5.56. The summed E-state index contributed by atoms with van der Waals surface area (Å²) in [6.07, 6.45) is 1.12. The molecule has 2 heterocycles. The predicted octanol–water partition coefficient (Wildman–Crippen LogP) is 1.64. The van der Waals surface area contributed by atoms with E-state index < -0.39 is 0 Å². The SMILES string of the molecule is Cc1noc(CNCc2ccc3c(c2)CCN3)n1. The van der Waals surface area contributed by atoms with Crippen LogP contribution in [0.15, 0.2) is 22.7 Å². The van der Waals surface area contributed by atoms with Gasteiger partial charge in [0.15, 0.2) is 5.82 Å². The lowest BCUT2D eigenvalue weighted by Crippen LogP contribution is -2.13. The molecule has 0 bridgehead atoms. The maximum Gasteiger partial charge on any atom is 0.240 e. The molecule has 18 heavy (non-hydrogen) atoms. The van der Waals surface area contributed by atoms with Gasteiger partial charge in [0.25, 0.3) is 0 Å². The van der Waals surface area contributed by atoms with Crippen LogP contribution in [0, 0.1) is 6.92 Å². The minimum atomic E-state index is 0.607. The molecule has 5 nitrogen and oxygen atoms in total. The first-order valence-corrected chi connectivity index (χ1v) is 6.17. The lowest BCUT2D eigenvalue weighted by atomic mass is 10.1. The van der Waals surface area contributed by atoms with Crippen LogP contribution >= 0.6 is 0 Å². The van der Waals surface area contributed by atoms with E-state index in [0.717, 1.165) is 19.5 Å². The van der Waals surface area contributed by atoms with Crippen LogP contribution in [0.1, 0.15) is 22.8 Å². The van der Waals surface area contributed by atoms with Crippen molar-refractivity contribution in [3.8, 4) is 0 Å². The van der Waals surface area contributed by atoms with Gasteiger partial charge in [0, 0.05) is 18.8 Å². The molecule has 0 atom stereocenters. The number of hydrogen-bond donors (Lipinski definition) is 2. The van der Waals surface area contributed by atoms with Crippen molar-refractivity contribution < 1.29 is 4.52 Å². The summed E-state index contributed by atoms with van der Waals surface area (Å²) in [7, 11) is 0. The lowest BCUT2D eigenvalue weighted by molar-refractivity contribution is 0.364. The first kappa shape index (κ1) is 11.2. The zero-order valence-electron chi connectivity index (χ0n) is 10.4. The molecule has 1 aromatic carbocycles. The Morgan fingerprint density at radius 2 is 2.33 bits per heavy atom. The minimum Gasteiger partial charge on any atom is -0.384 e. The molecule has 3 rings (SSSR count). The molecule has 1 aliphatic heterocycles. The largest absolute Gasteiger partial charge is 0.384 e. The second kappa shape index (κ2) is 4.78. The van der Waals surface area contributed by atoms with Crippen molar-refractivity contribution >= 4 is 5.69 Å². The normalized spacial score (nSPS) is 13.4. The van der Waals surface area contributed by atoms with Crippen molar-refractivity contribution in [1.82, 2.24) is 15.5 Å². The lowest BCUT2D eigenvalue weighted by Gasteiger charge is -2.05. The molecule has 1 aliphatic rings. The Morgan fingerprint density at radius 1 is 1.39 bits per heavy atom. The van der Waals surface area contributed by atoms with Crippen molar-refractivity contribution in [2.24, 2.45) is 0 Å². The summed E-state index contributed by atoms with van der Waals surface area (Å²) in [4.78, 5) is 4.15. The summed E-state index contributed by atoms with van der Waals surface area (Å²) < 4.78 is 5.04. The number of nitrogens with one attached hydrogen (secondary N) is 2. The highest BCUT2D eigenvalue weighted by atomic mass is 16.5. The van der Waals surface area contributed by atoms with Gasteiger partial charge in [-0.3, -0.25) is 0 Å². The Labute approximate surface area is 106 Å². The van der Waals surface area contributed by atoms with Crippen molar-refractivity contribution in [2.75, 3.05) is 11.9 Å². The summed E-state index contributed by atoms with van der Waals surface area (Å²) in [5.41, 5.74) is 3.96. The van der Waals surface area contributed by atoms with Gasteiger partial charge in [-0.25, -0.2) is 0 Å². The Balaban J connectivity index is 1.57. The third kappa shape index (κ3) is 2.36. The highest BCUT2D eigenvalue weighted by Gasteiger charge is 2.09. The van der Waals surface area contributed by atoms with Gasteiger partial charge >= 0.3 is 0 Å². The number of benzene rings is 1. The van der Waals surface area contributed by atoms with Crippen molar-refractivity contribution in [1.29, 1.82) is 0 Å². The molecule has 0 aliphatic carbocycles. The molecule has 94 valence electrons. The zero-order chi connectivity index (χ0) is 12.4. The van der Waals surface area contributed by atoms with E-state index in [2.05, 4.69) is 39.0 Å². The van der Waals surface area contributed by atoms with Crippen LogP contribution < -0.4 is 10.6 Å². The molecular formula is C13H16N4O. The molecule has 0 saturated heterocycles. The van der Waals surface area contributed by atoms with E-state index in [4.69, 9.17) is 4.52 Å². The Kier molecular flexibility index (Phi) is 2.98. The summed E-state index contributed by atoms with van der Waals surface area (Å²) in [6, 6.07) is 6.54. The molecule has 5 heteroatoms. The van der Waals surface area contributed by atoms with Gasteiger partial charge in [-0.15, -0.1) is 0 Å². The Morgan fingerprint density at radius 3 is 3.17 bits per heavy atom. The van der Waals surface area contributed by atoms with Crippen molar-refractivity contribution in [2.45, 2.75) is 26.4 Å². The van der Waals surface area contributed by atoms with Gasteiger partial charge in [0.2, 0.25) is 5.89 Å². The van der Waals surface area contributed by atoms with Crippen molar-refractivity contribution in [3.05, 3.63) is 41.0 Å². The minimum absolute atomic E-state index is 0.607. The quantitative estimate of drug-likeness (QED) is 0.856. The van der Waals surface area contributed by atoms with Gasteiger partial charge in [0.1, 0.15) is 0 Å². The van der Waals surface area contributed by atoms with Gasteiger partial charge < -0.3 is 15.2 Å². The van der Waals surface area contributed by atoms with Gasteiger partial charge in [-0.05, 0) is 30.5 Å². The fourth-order valence-corrected chi connectivity index (χ4v) is 2.19. The van der Waals surface area contributed by atoms with E-state index in [1.807, 2.05) is 6.92 Å². The highest BCUT2D eigenvalue weighted by Crippen LogP contribution is 2.22. The van der Waals surface area contributed by atoms with Crippen molar-refractivity contribution in [3.63, 3.8) is 0 Å². The zero-order valence-corrected chi connectivity index (χ0v) is 10.4. The van der Waals surface area contributed by atoms with Crippen LogP contribution in [-0.2, 0) is 19.5 Å². The third-order valence-electron chi connectivity index (χ3n) is 3.05. The average Bonchev–Trinajstić information content (AvgIpc) is 2.97. The molecule has 0 unspecified atom stereocenters. The molecule has 0 fully saturated rings. The summed E-state index contributed by atoms with van der Waals surface area (Å²) in [5.74, 6) is 1.31. The van der Waals surface area contributed by atoms with E-state index in [9.17, 15) is 0 Å². The van der Waals surface area contributed by atoms with E-state index in [1.54, 1.807) is 0 Å². The van der Waals surface area contributed by atoms with Crippen LogP contribution in [0.2, 0.25) is 0 Å². The maximum atomic E-state index is 5.04. The number of aromatic nitrogens is 2. The predicted molar refractivity (Wildman–Crippen MR) is 68.2 cm³/mol. The second-order valence-electron chi connectivity index (χ2n) is 4.51. The topological polar surface area (TPSA) is 63.0 Å². The first-order valence-electron chi connectivity index (χ1n) is 6.17. The number of hydrogen-bond acceptors (Lipinski definition) is 5. The Bertz CT molecular complexity index is 550. The van der Waals surface area contributed by atoms with Crippen LogP contribution in [0.3, 0.4) is 0 Å². The van der Waals surface area contributed by atoms with Gasteiger partial charge in [-0.1, -0.05) is 17.3 Å². The molecule has 0 amide bonds. The van der Waals surface area contributed by atoms with Gasteiger partial charge in [0.05, 0.1) is 6.54 Å². The monoisotopic (exact) mass is 244 g/mol. The summed E-state index contributed by atoms with van der Waals surface area (Å²) in [5, 5.41) is 10.4. The smallest absolute Gasteiger partial charge is 0.240 e. The molecule has 1 aromatic heterocycles. The van der Waals surface area contributed by atoms with E-state index in [1.165, 1.54) is 16.8 Å². The number of fused-ring (bicyclic) bond motifs is 1. The van der Waals surface area contributed by atoms with Crippen LogP contribution in [0.4, 0.5) is 5.69 Å². The maximum absolute atomic E-state index is 5.04. The standard InChI is InChI=1S/C13H16N4O/c1-9-16-13(18-17-9)8-14-7-10-2-3-12-11(6-10)4-5-15-12/h2-3,6,14-15H,4-5,7-8H2,1H3. The molecular weight excluding hydrogens is 228 g/mol. The first-order chi connectivity index (χ1) is 8.81. The number of nitrogens with zero attached hydrogens (tertiary/aromatic N) is 2. The van der Waals surface area contributed by atoms with E-state index >= 15 is 0 Å². The van der Waals surface area contributed by atoms with Crippen LogP contribution in [-0.4, -0.2) is 16.7 Å². The fraction of sp³-hybridized carbons (Fsp3) is 0.385. The third-order valence-corrected chi connectivity index (χ3v) is 3.05. The number of aryl methyl sites for hydroxylation is 1. The van der Waals surface area contributed by atoms with E-state index in [0.29, 0.717) is 18.3 Å². The second-order valence-corrected chi connectivity index (χ2v) is 4.51. The fourth-order valence-electron chi connectivity index (χ4n) is 2.19. The van der Waals surface area contributed by atoms with E-state index in [-0.39, 0.29) is 0 Å². The summed E-state index contributed by atoms with van der Waals surface area (Å²) >= 11 is 0. The number of anilines is 1. The molecule has 2 aromatic rings. The molecule has 0 radical (unpaired) electrons. The molecule has 0 spiro atoms.